The summed E-state index contributed by atoms with van der Waals surface area (Å²) in [6.45, 7) is 1.71. The van der Waals surface area contributed by atoms with Crippen molar-refractivity contribution in [3.63, 3.8) is 0 Å². The van der Waals surface area contributed by atoms with E-state index in [0.29, 0.717) is 50.1 Å². The predicted molar refractivity (Wildman–Crippen MR) is 125 cm³/mol. The molecule has 0 saturated carbocycles. The Hall–Kier alpha value is -2.78. The minimum atomic E-state index is -0.714. The van der Waals surface area contributed by atoms with Gasteiger partial charge < -0.3 is 30.5 Å². The molecule has 2 amide bonds. The number of rotatable bonds is 5. The van der Waals surface area contributed by atoms with Crippen LogP contribution in [0.5, 0.6) is 0 Å². The molecular weight excluding hydrogens is 434 g/mol. The summed E-state index contributed by atoms with van der Waals surface area (Å²) in [5.41, 5.74) is 3.40. The first-order valence-electron chi connectivity index (χ1n) is 11.9. The highest BCUT2D eigenvalue weighted by Gasteiger charge is 2.41. The van der Waals surface area contributed by atoms with Gasteiger partial charge in [0.25, 0.3) is 11.8 Å². The van der Waals surface area contributed by atoms with E-state index < -0.39 is 12.2 Å². The van der Waals surface area contributed by atoms with Gasteiger partial charge in [0.1, 0.15) is 0 Å². The normalized spacial score (nSPS) is 26.9. The number of piperidine rings is 1. The lowest BCUT2D eigenvalue weighted by Gasteiger charge is -2.47. The fraction of sp³-hybridized carbons (Fsp3) is 0.462. The van der Waals surface area contributed by atoms with Gasteiger partial charge >= 0.3 is 0 Å². The quantitative estimate of drug-likeness (QED) is 0.521. The monoisotopic (exact) mass is 465 g/mol. The second-order valence-electron chi connectivity index (χ2n) is 9.50. The van der Waals surface area contributed by atoms with Crippen LogP contribution in [0, 0.1) is 0 Å². The lowest BCUT2D eigenvalue weighted by molar-refractivity contribution is -0.0871. The number of hydrogen-bond acceptors (Lipinski definition) is 6. The van der Waals surface area contributed by atoms with E-state index in [0.717, 1.165) is 0 Å². The highest BCUT2D eigenvalue weighted by Crippen LogP contribution is 2.29. The van der Waals surface area contributed by atoms with E-state index in [-0.39, 0.29) is 36.5 Å². The van der Waals surface area contributed by atoms with Gasteiger partial charge in [-0.05, 0) is 54.7 Å². The van der Waals surface area contributed by atoms with Gasteiger partial charge in [0.15, 0.2) is 0 Å². The molecule has 3 heterocycles. The van der Waals surface area contributed by atoms with Crippen molar-refractivity contribution in [3.8, 4) is 0 Å². The van der Waals surface area contributed by atoms with Gasteiger partial charge in [0, 0.05) is 30.3 Å². The number of hydrogen-bond donors (Lipinski definition) is 4. The Kier molecular flexibility index (Phi) is 6.65. The number of morpholine rings is 1. The van der Waals surface area contributed by atoms with E-state index in [1.807, 2.05) is 17.0 Å². The third kappa shape index (κ3) is 4.72. The molecule has 0 radical (unpaired) electrons. The molecule has 2 bridgehead atoms. The molecule has 2 fully saturated rings. The third-order valence-corrected chi connectivity index (χ3v) is 7.17. The molecule has 8 heteroatoms. The van der Waals surface area contributed by atoms with Crippen molar-refractivity contribution in [2.45, 2.75) is 56.1 Å². The van der Waals surface area contributed by atoms with E-state index in [1.165, 1.54) is 11.1 Å². The van der Waals surface area contributed by atoms with Gasteiger partial charge in [-0.3, -0.25) is 9.59 Å². The van der Waals surface area contributed by atoms with Gasteiger partial charge in [-0.25, -0.2) is 0 Å². The first kappa shape index (κ1) is 23.0. The van der Waals surface area contributed by atoms with Gasteiger partial charge in [0.05, 0.1) is 37.5 Å². The molecule has 0 aliphatic carbocycles. The van der Waals surface area contributed by atoms with E-state index in [2.05, 4.69) is 22.8 Å². The molecular formula is C26H31N3O5. The number of ether oxygens (including phenoxy) is 1. The van der Waals surface area contributed by atoms with Crippen LogP contribution in [0.1, 0.15) is 44.7 Å². The predicted octanol–water partition coefficient (Wildman–Crippen LogP) is 0.856. The van der Waals surface area contributed by atoms with E-state index >= 15 is 0 Å². The van der Waals surface area contributed by atoms with Crippen molar-refractivity contribution in [1.82, 2.24) is 15.5 Å². The summed E-state index contributed by atoms with van der Waals surface area (Å²) in [6.07, 6.45) is 0.640. The highest BCUT2D eigenvalue weighted by molar-refractivity contribution is 5.98. The van der Waals surface area contributed by atoms with Crippen LogP contribution in [0.25, 0.3) is 0 Å². The topological polar surface area (TPSA) is 111 Å². The van der Waals surface area contributed by atoms with Crippen LogP contribution in [0.15, 0.2) is 48.5 Å². The number of benzene rings is 2. The molecule has 2 aromatic rings. The Morgan fingerprint density at radius 2 is 1.68 bits per heavy atom. The van der Waals surface area contributed by atoms with Crippen LogP contribution >= 0.6 is 0 Å². The van der Waals surface area contributed by atoms with Crippen molar-refractivity contribution >= 4 is 11.8 Å². The molecule has 3 aliphatic rings. The zero-order chi connectivity index (χ0) is 23.7. The van der Waals surface area contributed by atoms with Crippen molar-refractivity contribution in [2.24, 2.45) is 0 Å². The molecule has 4 unspecified atom stereocenters. The lowest BCUT2D eigenvalue weighted by atomic mass is 9.91. The number of nitrogens with zero attached hydrogens (tertiary/aromatic N) is 1. The van der Waals surface area contributed by atoms with Crippen LogP contribution in [0.3, 0.4) is 0 Å². The first-order chi connectivity index (χ1) is 16.5. The number of aliphatic hydroxyl groups excluding tert-OH is 2. The standard InChI is InChI=1S/C26H31N3O5/c30-22-10-20-14-34-15-21(11-22)29(20)26(33)17-7-5-16(6-8-17)25(32)28-13-24(31)23-9-18-3-1-2-4-19(18)12-27-23/h1-8,20-24,27,30-31H,9-15H2,(H,28,32). The van der Waals surface area contributed by atoms with Gasteiger partial charge in [-0.2, -0.15) is 0 Å². The molecule has 0 spiro atoms. The zero-order valence-electron chi connectivity index (χ0n) is 19.0. The molecule has 180 valence electrons. The summed E-state index contributed by atoms with van der Waals surface area (Å²) in [6, 6.07) is 14.4. The average molecular weight is 466 g/mol. The summed E-state index contributed by atoms with van der Waals surface area (Å²) in [4.78, 5) is 27.6. The second-order valence-corrected chi connectivity index (χ2v) is 9.50. The van der Waals surface area contributed by atoms with E-state index in [4.69, 9.17) is 4.74 Å². The molecule has 4 atom stereocenters. The maximum Gasteiger partial charge on any atom is 0.254 e. The number of fused-ring (bicyclic) bond motifs is 3. The summed E-state index contributed by atoms with van der Waals surface area (Å²) in [7, 11) is 0. The number of carbonyl (C=O) groups is 2. The molecule has 2 saturated heterocycles. The molecule has 5 rings (SSSR count). The van der Waals surface area contributed by atoms with Crippen molar-refractivity contribution in [1.29, 1.82) is 0 Å². The molecule has 3 aliphatic heterocycles. The fourth-order valence-corrected chi connectivity index (χ4v) is 5.32. The smallest absolute Gasteiger partial charge is 0.254 e. The summed E-state index contributed by atoms with van der Waals surface area (Å²) in [5, 5.41) is 26.8. The molecule has 0 aromatic heterocycles. The second kappa shape index (κ2) is 9.84. The third-order valence-electron chi connectivity index (χ3n) is 7.17. The minimum absolute atomic E-state index is 0.101. The van der Waals surface area contributed by atoms with Crippen LogP contribution in [-0.4, -0.2) is 77.0 Å². The van der Waals surface area contributed by atoms with Crippen molar-refractivity contribution in [3.05, 3.63) is 70.8 Å². The first-order valence-corrected chi connectivity index (χ1v) is 11.9. The Labute approximate surface area is 198 Å². The fourth-order valence-electron chi connectivity index (χ4n) is 5.32. The Bertz CT molecular complexity index is 1030. The maximum absolute atomic E-state index is 13.1. The summed E-state index contributed by atoms with van der Waals surface area (Å²) < 4.78 is 5.58. The van der Waals surface area contributed by atoms with Gasteiger partial charge in [-0.1, -0.05) is 24.3 Å². The van der Waals surface area contributed by atoms with E-state index in [9.17, 15) is 19.8 Å². The molecule has 2 aromatic carbocycles. The molecule has 4 N–H and O–H groups in total. The van der Waals surface area contributed by atoms with Gasteiger partial charge in [-0.15, -0.1) is 0 Å². The Morgan fingerprint density at radius 3 is 2.38 bits per heavy atom. The zero-order valence-corrected chi connectivity index (χ0v) is 19.0. The lowest BCUT2D eigenvalue weighted by Crippen LogP contribution is -2.60. The van der Waals surface area contributed by atoms with Crippen molar-refractivity contribution < 1.29 is 24.5 Å². The van der Waals surface area contributed by atoms with Gasteiger partial charge in [0.2, 0.25) is 0 Å². The Balaban J connectivity index is 1.16. The number of amides is 2. The Morgan fingerprint density at radius 1 is 1.03 bits per heavy atom. The van der Waals surface area contributed by atoms with Crippen molar-refractivity contribution in [2.75, 3.05) is 19.8 Å². The number of carbonyl (C=O) groups excluding carboxylic acids is 2. The number of nitrogens with one attached hydrogen (secondary N) is 2. The largest absolute Gasteiger partial charge is 0.393 e. The van der Waals surface area contributed by atoms with Crippen LogP contribution < -0.4 is 10.6 Å². The van der Waals surface area contributed by atoms with Crippen LogP contribution in [0.4, 0.5) is 0 Å². The highest BCUT2D eigenvalue weighted by atomic mass is 16.5. The maximum atomic E-state index is 13.1. The average Bonchev–Trinajstić information content (AvgIpc) is 2.86. The van der Waals surface area contributed by atoms with E-state index in [1.54, 1.807) is 24.3 Å². The SMILES string of the molecule is O=C(NCC(O)C1Cc2ccccc2CN1)c1ccc(C(=O)N2C3COCC2CC(O)C3)cc1. The van der Waals surface area contributed by atoms with Crippen LogP contribution in [0.2, 0.25) is 0 Å². The molecule has 8 nitrogen and oxygen atoms in total. The number of aliphatic hydroxyl groups is 2. The van der Waals surface area contributed by atoms with Crippen LogP contribution in [-0.2, 0) is 17.7 Å². The summed E-state index contributed by atoms with van der Waals surface area (Å²) in [5.74, 6) is -0.392. The minimum Gasteiger partial charge on any atom is -0.393 e. The summed E-state index contributed by atoms with van der Waals surface area (Å²) >= 11 is 0. The molecule has 34 heavy (non-hydrogen) atoms.